The summed E-state index contributed by atoms with van der Waals surface area (Å²) in [6, 6.07) is 1.89. The van der Waals surface area contributed by atoms with E-state index in [1.807, 2.05) is 0 Å². The first-order valence-electron chi connectivity index (χ1n) is 12.2. The second-order valence-electron chi connectivity index (χ2n) is 10.0. The quantitative estimate of drug-likeness (QED) is 0.248. The van der Waals surface area contributed by atoms with Gasteiger partial charge in [0, 0.05) is 39.1 Å². The summed E-state index contributed by atoms with van der Waals surface area (Å²) < 4.78 is 120. The normalized spacial score (nSPS) is 18.6. The summed E-state index contributed by atoms with van der Waals surface area (Å²) in [5.41, 5.74) is 2.13. The molecule has 1 fully saturated rings. The smallest absolute Gasteiger partial charge is 0.460 e. The highest BCUT2D eigenvalue weighted by molar-refractivity contribution is 6.26. The van der Waals surface area contributed by atoms with Crippen molar-refractivity contribution >= 4 is 39.3 Å². The molecule has 1 aliphatic carbocycles. The summed E-state index contributed by atoms with van der Waals surface area (Å²) in [5, 5.41) is 19.0. The van der Waals surface area contributed by atoms with Gasteiger partial charge in [-0.1, -0.05) is 0 Å². The zero-order chi connectivity index (χ0) is 32.4. The fourth-order valence-corrected chi connectivity index (χ4v) is 5.32. The molecule has 0 spiro atoms. The van der Waals surface area contributed by atoms with Crippen LogP contribution in [0.1, 0.15) is 56.8 Å². The van der Waals surface area contributed by atoms with Gasteiger partial charge in [0.25, 0.3) is 11.5 Å². The Bertz CT molecular complexity index is 1760. The molecule has 0 atom stereocenters. The number of nitrogens with two attached hydrogens (primary N) is 1. The van der Waals surface area contributed by atoms with Gasteiger partial charge in [0.15, 0.2) is 0 Å². The second-order valence-corrected chi connectivity index (χ2v) is 10.0. The van der Waals surface area contributed by atoms with Gasteiger partial charge in [-0.2, -0.15) is 39.5 Å². The molecule has 4 bridgehead atoms. The number of aromatic amines is 1. The molecule has 0 saturated heterocycles. The number of aromatic nitrogens is 1. The highest BCUT2D eigenvalue weighted by atomic mass is 19.4. The van der Waals surface area contributed by atoms with Crippen molar-refractivity contribution < 1.29 is 59.0 Å². The highest BCUT2D eigenvalue weighted by Crippen LogP contribution is 2.57. The van der Waals surface area contributed by atoms with Gasteiger partial charge < -0.3 is 21.1 Å². The van der Waals surface area contributed by atoms with Crippen molar-refractivity contribution in [3.8, 4) is 0 Å². The van der Waals surface area contributed by atoms with Crippen LogP contribution in [0.25, 0.3) is 21.5 Å². The Morgan fingerprint density at radius 2 is 1.47 bits per heavy atom. The van der Waals surface area contributed by atoms with Gasteiger partial charge in [0.05, 0.1) is 11.1 Å². The first kappa shape index (κ1) is 31.6. The van der Waals surface area contributed by atoms with E-state index >= 15 is 0 Å². The number of amides is 2. The molecular weight excluding hydrogens is 607 g/mol. The molecule has 1 aromatic heterocycles. The number of rotatable bonds is 7. The van der Waals surface area contributed by atoms with Crippen molar-refractivity contribution in [2.45, 2.75) is 55.7 Å². The van der Waals surface area contributed by atoms with E-state index in [-0.39, 0.29) is 27.1 Å². The van der Waals surface area contributed by atoms with Crippen molar-refractivity contribution in [1.29, 1.82) is 5.41 Å². The minimum absolute atomic E-state index is 0.244. The van der Waals surface area contributed by atoms with E-state index in [1.165, 1.54) is 0 Å². The fourth-order valence-electron chi connectivity index (χ4n) is 5.32. The number of hydrogen-bond acceptors (Lipinski definition) is 5. The molecule has 6 N–H and O–H groups in total. The lowest BCUT2D eigenvalue weighted by molar-refractivity contribution is -0.404. The number of carboxylic acid groups (broad SMARTS) is 1. The molecule has 4 rings (SSSR count). The largest absolute Gasteiger partial charge is 0.478 e. The number of alkyl halides is 9. The van der Waals surface area contributed by atoms with Crippen LogP contribution < -0.4 is 22.1 Å². The average molecular weight is 626 g/mol. The van der Waals surface area contributed by atoms with Crippen LogP contribution in [0, 0.1) is 11.3 Å². The topological polar surface area (TPSA) is 166 Å². The van der Waals surface area contributed by atoms with E-state index in [0.29, 0.717) is 0 Å². The van der Waals surface area contributed by atoms with E-state index in [9.17, 15) is 63.8 Å². The first-order chi connectivity index (χ1) is 19.6. The Morgan fingerprint density at radius 1 is 0.884 bits per heavy atom. The summed E-state index contributed by atoms with van der Waals surface area (Å²) in [5.74, 6) is -26.1. The third-order valence-electron chi connectivity index (χ3n) is 7.50. The number of halogens is 9. The standard InChI is InChI=1S/C25H19F9N4O5/c26-22(27,23(28,29)24(30,31)25(32,33)34)8-1-3-9(4-2-8)37-19(40)10-5-6-11-15-14(10)12(17(35)38-20(11)41)7-13(21(42)43)16(15)18(36)39/h5-9H,1-4H2,(H2,36,39)(H,37,40)(H,42,43)(H2,35,38,41)/t8-,9-. The third-order valence-corrected chi connectivity index (χ3v) is 7.50. The maximum absolute atomic E-state index is 14.4. The van der Waals surface area contributed by atoms with Crippen LogP contribution in [0.15, 0.2) is 23.0 Å². The molecule has 1 saturated carbocycles. The van der Waals surface area contributed by atoms with Gasteiger partial charge in [-0.05, 0) is 43.9 Å². The number of aromatic carboxylic acids is 1. The van der Waals surface area contributed by atoms with Crippen molar-refractivity contribution in [1.82, 2.24) is 10.3 Å². The number of hydrogen-bond donors (Lipinski definition) is 5. The average Bonchev–Trinajstić information content (AvgIpc) is 2.93. The number of H-pyrrole nitrogens is 1. The zero-order valence-corrected chi connectivity index (χ0v) is 21.3. The van der Waals surface area contributed by atoms with Gasteiger partial charge in [0.1, 0.15) is 5.49 Å². The lowest BCUT2D eigenvalue weighted by atomic mass is 9.78. The predicted molar refractivity (Wildman–Crippen MR) is 129 cm³/mol. The number of primary amides is 1. The Balaban J connectivity index is 1.68. The molecule has 0 unspecified atom stereocenters. The molecule has 18 heteroatoms. The molecule has 232 valence electrons. The van der Waals surface area contributed by atoms with Gasteiger partial charge in [-0.25, -0.2) is 4.79 Å². The highest BCUT2D eigenvalue weighted by Gasteiger charge is 2.82. The van der Waals surface area contributed by atoms with Crippen LogP contribution in [0.2, 0.25) is 0 Å². The van der Waals surface area contributed by atoms with E-state index in [0.717, 1.165) is 18.2 Å². The summed E-state index contributed by atoms with van der Waals surface area (Å²) in [6.45, 7) is 0. The number of nitrogens with one attached hydrogen (secondary N) is 3. The Labute approximate surface area is 232 Å². The maximum Gasteiger partial charge on any atom is 0.460 e. The van der Waals surface area contributed by atoms with Gasteiger partial charge in [-0.3, -0.25) is 19.8 Å². The monoisotopic (exact) mass is 626 g/mol. The molecule has 9 nitrogen and oxygen atoms in total. The number of benzene rings is 2. The summed E-state index contributed by atoms with van der Waals surface area (Å²) in [4.78, 5) is 52.2. The fraction of sp³-hybridized carbons (Fsp3) is 0.400. The lowest BCUT2D eigenvalue weighted by Gasteiger charge is -2.40. The van der Waals surface area contributed by atoms with Gasteiger partial charge >= 0.3 is 29.9 Å². The van der Waals surface area contributed by atoms with Gasteiger partial charge in [0.2, 0.25) is 5.91 Å². The number of carbonyl (C=O) groups is 3. The van der Waals surface area contributed by atoms with Crippen LogP contribution in [-0.2, 0) is 0 Å². The summed E-state index contributed by atoms with van der Waals surface area (Å²) >= 11 is 0. The van der Waals surface area contributed by atoms with Crippen molar-refractivity contribution in [2.75, 3.05) is 0 Å². The van der Waals surface area contributed by atoms with E-state index in [2.05, 4.69) is 10.3 Å². The Kier molecular flexibility index (Phi) is 7.42. The van der Waals surface area contributed by atoms with E-state index in [4.69, 9.17) is 11.1 Å². The molecule has 3 aromatic rings. The molecule has 43 heavy (non-hydrogen) atoms. The van der Waals surface area contributed by atoms with Crippen LogP contribution in [0.3, 0.4) is 0 Å². The molecular formula is C25H19F9N4O5. The van der Waals surface area contributed by atoms with Crippen LogP contribution >= 0.6 is 0 Å². The van der Waals surface area contributed by atoms with Gasteiger partial charge in [-0.15, -0.1) is 0 Å². The van der Waals surface area contributed by atoms with Crippen molar-refractivity contribution in [3.05, 3.63) is 50.7 Å². The lowest BCUT2D eigenvalue weighted by Crippen LogP contribution is -2.63. The van der Waals surface area contributed by atoms with E-state index < -0.39 is 102 Å². The molecule has 1 aliphatic rings. The molecule has 2 amide bonds. The summed E-state index contributed by atoms with van der Waals surface area (Å²) in [7, 11) is 0. The van der Waals surface area contributed by atoms with Crippen LogP contribution in [-0.4, -0.2) is 57.9 Å². The Hall–Kier alpha value is -4.38. The van der Waals surface area contributed by atoms with E-state index in [1.54, 1.807) is 0 Å². The maximum atomic E-state index is 14.4. The van der Waals surface area contributed by atoms with Crippen molar-refractivity contribution in [3.63, 3.8) is 0 Å². The van der Waals surface area contributed by atoms with Crippen LogP contribution in [0.5, 0.6) is 0 Å². The molecule has 0 radical (unpaired) electrons. The first-order valence-corrected chi connectivity index (χ1v) is 12.2. The third kappa shape index (κ3) is 4.81. The minimum atomic E-state index is -7.02. The Morgan fingerprint density at radius 3 is 1.98 bits per heavy atom. The molecule has 1 heterocycles. The minimum Gasteiger partial charge on any atom is -0.478 e. The second kappa shape index (κ2) is 10.1. The summed E-state index contributed by atoms with van der Waals surface area (Å²) in [6.07, 6.45) is -9.95. The molecule has 0 aliphatic heterocycles. The SMILES string of the molecule is N=c1[nH]c(=O)c2ccc(C(=O)N[C@H]3CC[C@H](C(F)(F)C(F)(F)C(F)(F)C(F)(F)F)CC3)c3c1cc(C(=O)O)c(C(N)=O)c23. The van der Waals surface area contributed by atoms with Crippen molar-refractivity contribution in [2.24, 2.45) is 11.7 Å². The van der Waals surface area contributed by atoms with Crippen LogP contribution in [0.4, 0.5) is 39.5 Å². The number of carboxylic acids is 1. The molecule has 2 aromatic carbocycles. The predicted octanol–water partition coefficient (Wildman–Crippen LogP) is 4.15. The zero-order valence-electron chi connectivity index (χ0n) is 21.3. The number of carbonyl (C=O) groups excluding carboxylic acids is 2.